The molecule has 4 N–H and O–H groups in total. The third-order valence-electron chi connectivity index (χ3n) is 2.23. The molecule has 1 heterocycles. The molecule has 0 aliphatic rings. The van der Waals surface area contributed by atoms with Crippen LogP contribution in [0.5, 0.6) is 0 Å². The van der Waals surface area contributed by atoms with Crippen LogP contribution in [0.2, 0.25) is 0 Å². The third-order valence-corrected chi connectivity index (χ3v) is 3.46. The summed E-state index contributed by atoms with van der Waals surface area (Å²) in [5.74, 6) is -1.36. The summed E-state index contributed by atoms with van der Waals surface area (Å²) in [5.41, 5.74) is 0. The first-order valence-corrected chi connectivity index (χ1v) is 6.34. The lowest BCUT2D eigenvalue weighted by Gasteiger charge is -2.08. The standard InChI is InChI=1S/C11H16N2O4S/c1-2-7-3-4-8(18-7)5-12-11(17)13-6-9(14)10(15)16/h3-4,9,14H,2,5-6H2,1H3,(H,15,16)(H2,12,13,17). The third kappa shape index (κ3) is 4.72. The minimum atomic E-state index is -1.58. The first-order chi connectivity index (χ1) is 8.52. The van der Waals surface area contributed by atoms with Gasteiger partial charge in [0.1, 0.15) is 0 Å². The van der Waals surface area contributed by atoms with Gasteiger partial charge in [-0.2, -0.15) is 0 Å². The van der Waals surface area contributed by atoms with Crippen molar-refractivity contribution in [3.05, 3.63) is 21.9 Å². The van der Waals surface area contributed by atoms with E-state index in [-0.39, 0.29) is 6.54 Å². The summed E-state index contributed by atoms with van der Waals surface area (Å²) >= 11 is 1.62. The maximum atomic E-state index is 11.3. The zero-order chi connectivity index (χ0) is 13.5. The van der Waals surface area contributed by atoms with Gasteiger partial charge in [-0.3, -0.25) is 0 Å². The molecule has 1 aromatic rings. The van der Waals surface area contributed by atoms with Crippen LogP contribution in [-0.2, 0) is 17.8 Å². The summed E-state index contributed by atoms with van der Waals surface area (Å²) in [7, 11) is 0. The predicted molar refractivity (Wildman–Crippen MR) is 67.6 cm³/mol. The molecule has 0 radical (unpaired) electrons. The average molecular weight is 272 g/mol. The Kier molecular flexibility index (Phi) is 5.60. The number of carboxylic acids is 1. The van der Waals surface area contributed by atoms with Crippen molar-refractivity contribution in [2.24, 2.45) is 0 Å². The molecule has 0 aliphatic heterocycles. The monoisotopic (exact) mass is 272 g/mol. The van der Waals surface area contributed by atoms with E-state index >= 15 is 0 Å². The van der Waals surface area contributed by atoms with Crippen molar-refractivity contribution in [1.29, 1.82) is 0 Å². The van der Waals surface area contributed by atoms with E-state index in [0.29, 0.717) is 6.54 Å². The topological polar surface area (TPSA) is 98.7 Å². The lowest BCUT2D eigenvalue weighted by Crippen LogP contribution is -2.41. The highest BCUT2D eigenvalue weighted by Gasteiger charge is 2.13. The number of aryl methyl sites for hydroxylation is 1. The number of aliphatic hydroxyl groups excluding tert-OH is 1. The van der Waals surface area contributed by atoms with Crippen molar-refractivity contribution in [2.45, 2.75) is 26.0 Å². The van der Waals surface area contributed by atoms with Crippen LogP contribution in [-0.4, -0.2) is 34.9 Å². The Bertz CT molecular complexity index is 419. The lowest BCUT2D eigenvalue weighted by atomic mass is 10.3. The molecule has 0 saturated heterocycles. The van der Waals surface area contributed by atoms with Crippen LogP contribution in [0.1, 0.15) is 16.7 Å². The number of urea groups is 1. The second-order valence-electron chi connectivity index (χ2n) is 3.64. The molecule has 0 fully saturated rings. The van der Waals surface area contributed by atoms with Gasteiger partial charge in [-0.25, -0.2) is 9.59 Å². The van der Waals surface area contributed by atoms with Gasteiger partial charge in [0, 0.05) is 9.75 Å². The zero-order valence-corrected chi connectivity index (χ0v) is 10.8. The van der Waals surface area contributed by atoms with E-state index in [1.54, 1.807) is 11.3 Å². The first kappa shape index (κ1) is 14.5. The molecular weight excluding hydrogens is 256 g/mol. The van der Waals surface area contributed by atoms with Gasteiger partial charge in [-0.1, -0.05) is 6.92 Å². The molecule has 0 spiro atoms. The first-order valence-electron chi connectivity index (χ1n) is 5.53. The number of amides is 2. The number of aliphatic carboxylic acids is 1. The molecule has 18 heavy (non-hydrogen) atoms. The molecule has 1 aromatic heterocycles. The molecule has 0 saturated carbocycles. The van der Waals surface area contributed by atoms with Crippen molar-refractivity contribution in [1.82, 2.24) is 10.6 Å². The number of hydrogen-bond acceptors (Lipinski definition) is 4. The van der Waals surface area contributed by atoms with Gasteiger partial charge in [0.15, 0.2) is 6.10 Å². The Morgan fingerprint density at radius 1 is 1.33 bits per heavy atom. The minimum Gasteiger partial charge on any atom is -0.479 e. The average Bonchev–Trinajstić information content (AvgIpc) is 2.81. The molecule has 0 aromatic carbocycles. The Morgan fingerprint density at radius 2 is 2.00 bits per heavy atom. The van der Waals surface area contributed by atoms with Gasteiger partial charge in [-0.15, -0.1) is 11.3 Å². The van der Waals surface area contributed by atoms with Gasteiger partial charge in [0.05, 0.1) is 13.1 Å². The van der Waals surface area contributed by atoms with Gasteiger partial charge in [0.25, 0.3) is 0 Å². The highest BCUT2D eigenvalue weighted by atomic mass is 32.1. The normalized spacial score (nSPS) is 11.9. The molecule has 100 valence electrons. The van der Waals surface area contributed by atoms with Gasteiger partial charge in [-0.05, 0) is 18.6 Å². The second kappa shape index (κ2) is 6.97. The Labute approximate surface area is 109 Å². The summed E-state index contributed by atoms with van der Waals surface area (Å²) < 4.78 is 0. The number of carbonyl (C=O) groups excluding carboxylic acids is 1. The largest absolute Gasteiger partial charge is 0.479 e. The number of aliphatic hydroxyl groups is 1. The lowest BCUT2D eigenvalue weighted by molar-refractivity contribution is -0.146. The number of nitrogens with one attached hydrogen (secondary N) is 2. The minimum absolute atomic E-state index is 0.314. The van der Waals surface area contributed by atoms with Gasteiger partial charge < -0.3 is 20.8 Å². The summed E-state index contributed by atoms with van der Waals surface area (Å²) in [6.45, 7) is 2.13. The number of rotatable bonds is 6. The van der Waals surface area contributed by atoms with Crippen molar-refractivity contribution >= 4 is 23.3 Å². The van der Waals surface area contributed by atoms with Crippen LogP contribution in [0.4, 0.5) is 4.79 Å². The molecule has 1 rings (SSSR count). The Morgan fingerprint density at radius 3 is 2.56 bits per heavy atom. The number of hydrogen-bond donors (Lipinski definition) is 4. The van der Waals surface area contributed by atoms with Crippen molar-refractivity contribution < 1.29 is 19.8 Å². The molecule has 7 heteroatoms. The molecule has 6 nitrogen and oxygen atoms in total. The van der Waals surface area contributed by atoms with Crippen molar-refractivity contribution in [3.63, 3.8) is 0 Å². The summed E-state index contributed by atoms with van der Waals surface area (Å²) in [6.07, 6.45) is -0.619. The fourth-order valence-corrected chi connectivity index (χ4v) is 2.11. The summed E-state index contributed by atoms with van der Waals surface area (Å²) in [4.78, 5) is 23.9. The van der Waals surface area contributed by atoms with E-state index in [1.807, 2.05) is 12.1 Å². The predicted octanol–water partition coefficient (Wildman–Crippen LogP) is 0.555. The fraction of sp³-hybridized carbons (Fsp3) is 0.455. The van der Waals surface area contributed by atoms with E-state index < -0.39 is 18.1 Å². The van der Waals surface area contributed by atoms with Crippen LogP contribution in [0.15, 0.2) is 12.1 Å². The van der Waals surface area contributed by atoms with Crippen LogP contribution >= 0.6 is 11.3 Å². The molecule has 1 atom stereocenters. The SMILES string of the molecule is CCc1ccc(CNC(=O)NCC(O)C(=O)O)s1. The number of carbonyl (C=O) groups is 2. The van der Waals surface area contributed by atoms with Crippen molar-refractivity contribution in [3.8, 4) is 0 Å². The van der Waals surface area contributed by atoms with Gasteiger partial charge in [0.2, 0.25) is 0 Å². The number of thiophene rings is 1. The molecule has 0 aliphatic carbocycles. The van der Waals surface area contributed by atoms with Crippen LogP contribution in [0.25, 0.3) is 0 Å². The molecule has 2 amide bonds. The Hall–Kier alpha value is -1.60. The zero-order valence-electron chi connectivity index (χ0n) is 9.97. The second-order valence-corrected chi connectivity index (χ2v) is 4.89. The van der Waals surface area contributed by atoms with Crippen LogP contribution in [0, 0.1) is 0 Å². The quantitative estimate of drug-likeness (QED) is 0.608. The maximum absolute atomic E-state index is 11.3. The van der Waals surface area contributed by atoms with Crippen molar-refractivity contribution in [2.75, 3.05) is 6.54 Å². The molecule has 0 bridgehead atoms. The van der Waals surface area contributed by atoms with E-state index in [0.717, 1.165) is 11.3 Å². The molecule has 1 unspecified atom stereocenters. The highest BCUT2D eigenvalue weighted by Crippen LogP contribution is 2.16. The van der Waals surface area contributed by atoms with E-state index in [9.17, 15) is 9.59 Å². The van der Waals surface area contributed by atoms with Gasteiger partial charge >= 0.3 is 12.0 Å². The van der Waals surface area contributed by atoms with Crippen LogP contribution in [0.3, 0.4) is 0 Å². The maximum Gasteiger partial charge on any atom is 0.334 e. The fourth-order valence-electron chi connectivity index (χ4n) is 1.21. The smallest absolute Gasteiger partial charge is 0.334 e. The van der Waals surface area contributed by atoms with E-state index in [2.05, 4.69) is 17.6 Å². The summed E-state index contributed by atoms with van der Waals surface area (Å²) in [5, 5.41) is 22.2. The Balaban J connectivity index is 2.26. The highest BCUT2D eigenvalue weighted by molar-refractivity contribution is 7.11. The number of carboxylic acid groups (broad SMARTS) is 1. The van der Waals surface area contributed by atoms with E-state index in [1.165, 1.54) is 4.88 Å². The van der Waals surface area contributed by atoms with E-state index in [4.69, 9.17) is 10.2 Å². The molecular formula is C11H16N2O4S. The van der Waals surface area contributed by atoms with Crippen LogP contribution < -0.4 is 10.6 Å². The summed E-state index contributed by atoms with van der Waals surface area (Å²) in [6, 6.07) is 3.45.